The number of fused-ring (bicyclic) bond motifs is 1. The highest BCUT2D eigenvalue weighted by Gasteiger charge is 2.25. The summed E-state index contributed by atoms with van der Waals surface area (Å²) in [6.45, 7) is 3.16. The van der Waals surface area contributed by atoms with Crippen molar-refractivity contribution in [3.63, 3.8) is 0 Å². The van der Waals surface area contributed by atoms with Gasteiger partial charge in [-0.1, -0.05) is 30.0 Å². The van der Waals surface area contributed by atoms with Gasteiger partial charge in [-0.05, 0) is 30.3 Å². The molecule has 0 saturated carbocycles. The minimum absolute atomic E-state index is 0.116. The normalized spacial score (nSPS) is 18.4. The molecule has 5 rings (SSSR count). The summed E-state index contributed by atoms with van der Waals surface area (Å²) in [4.78, 5) is 2.11. The number of halogens is 1. The fourth-order valence-electron chi connectivity index (χ4n) is 3.48. The van der Waals surface area contributed by atoms with Crippen molar-refractivity contribution in [2.75, 3.05) is 43.6 Å². The molecule has 0 radical (unpaired) electrons. The van der Waals surface area contributed by atoms with Gasteiger partial charge in [-0.2, -0.15) is 0 Å². The van der Waals surface area contributed by atoms with Crippen LogP contribution in [0.5, 0.6) is 11.5 Å². The zero-order chi connectivity index (χ0) is 20.3. The molecule has 1 atom stereocenters. The Morgan fingerprint density at radius 1 is 1.03 bits per heavy atom. The molecule has 2 aliphatic heterocycles. The predicted molar refractivity (Wildman–Crippen MR) is 111 cm³/mol. The third kappa shape index (κ3) is 3.95. The van der Waals surface area contributed by atoms with Gasteiger partial charge in [0.05, 0.1) is 18.9 Å². The summed E-state index contributed by atoms with van der Waals surface area (Å²) in [5, 5.41) is 9.50. The van der Waals surface area contributed by atoms with Crippen LogP contribution in [0.1, 0.15) is 0 Å². The number of nitrogens with zero attached hydrogens (tertiary/aromatic N) is 4. The molecule has 0 aliphatic carbocycles. The minimum atomic E-state index is -0.300. The molecule has 0 amide bonds. The van der Waals surface area contributed by atoms with Crippen LogP contribution in [0.15, 0.2) is 53.7 Å². The van der Waals surface area contributed by atoms with E-state index in [1.54, 1.807) is 6.07 Å². The Labute approximate surface area is 177 Å². The molecule has 30 heavy (non-hydrogen) atoms. The number of hydrogen-bond acceptors (Lipinski definition) is 7. The van der Waals surface area contributed by atoms with Gasteiger partial charge in [0.2, 0.25) is 5.95 Å². The Morgan fingerprint density at radius 3 is 2.70 bits per heavy atom. The van der Waals surface area contributed by atoms with E-state index in [2.05, 4.69) is 15.1 Å². The molecule has 1 unspecified atom stereocenters. The number of benzene rings is 2. The van der Waals surface area contributed by atoms with Gasteiger partial charge in [-0.15, -0.1) is 10.2 Å². The van der Waals surface area contributed by atoms with E-state index in [0.29, 0.717) is 55.5 Å². The van der Waals surface area contributed by atoms with Crippen LogP contribution in [0, 0.1) is 5.82 Å². The van der Waals surface area contributed by atoms with Crippen molar-refractivity contribution in [2.24, 2.45) is 0 Å². The van der Waals surface area contributed by atoms with Gasteiger partial charge >= 0.3 is 0 Å². The van der Waals surface area contributed by atoms with Crippen LogP contribution in [0.3, 0.4) is 0 Å². The van der Waals surface area contributed by atoms with Crippen molar-refractivity contribution in [2.45, 2.75) is 11.3 Å². The molecule has 1 saturated heterocycles. The summed E-state index contributed by atoms with van der Waals surface area (Å²) >= 11 is 1.52. The number of anilines is 1. The molecule has 3 heterocycles. The number of morpholine rings is 1. The number of hydrogen-bond donors (Lipinski definition) is 0. The molecule has 1 aromatic heterocycles. The molecule has 156 valence electrons. The summed E-state index contributed by atoms with van der Waals surface area (Å²) < 4.78 is 33.2. The van der Waals surface area contributed by atoms with Gasteiger partial charge in [0.25, 0.3) is 0 Å². The summed E-state index contributed by atoms with van der Waals surface area (Å²) in [5.74, 6) is 2.53. The number of ether oxygens (including phenoxy) is 3. The van der Waals surface area contributed by atoms with Gasteiger partial charge in [0.1, 0.15) is 18.5 Å². The third-order valence-electron chi connectivity index (χ3n) is 4.94. The highest BCUT2D eigenvalue weighted by molar-refractivity contribution is 7.99. The fraction of sp³-hybridized carbons (Fsp3) is 0.333. The monoisotopic (exact) mass is 428 g/mol. The summed E-state index contributed by atoms with van der Waals surface area (Å²) in [6.07, 6.45) is -0.116. The Balaban J connectivity index is 1.39. The van der Waals surface area contributed by atoms with E-state index in [9.17, 15) is 4.39 Å². The number of para-hydroxylation sites is 2. The van der Waals surface area contributed by atoms with E-state index in [0.717, 1.165) is 11.5 Å². The average Bonchev–Trinajstić information content (AvgIpc) is 3.22. The molecule has 0 bridgehead atoms. The van der Waals surface area contributed by atoms with Crippen LogP contribution in [0.2, 0.25) is 0 Å². The predicted octanol–water partition coefficient (Wildman–Crippen LogP) is 3.18. The quantitative estimate of drug-likeness (QED) is 0.579. The van der Waals surface area contributed by atoms with Gasteiger partial charge in [-0.3, -0.25) is 4.57 Å². The van der Waals surface area contributed by atoms with Crippen molar-refractivity contribution in [3.8, 4) is 17.2 Å². The lowest BCUT2D eigenvalue weighted by Crippen LogP contribution is -2.38. The smallest absolute Gasteiger partial charge is 0.232 e. The Morgan fingerprint density at radius 2 is 1.87 bits per heavy atom. The maximum Gasteiger partial charge on any atom is 0.232 e. The first-order valence-electron chi connectivity index (χ1n) is 9.83. The van der Waals surface area contributed by atoms with E-state index in [1.807, 2.05) is 34.9 Å². The Bertz CT molecular complexity index is 1020. The second kappa shape index (κ2) is 8.53. The lowest BCUT2D eigenvalue weighted by molar-refractivity contribution is 0.107. The number of rotatable bonds is 5. The van der Waals surface area contributed by atoms with Gasteiger partial charge in [0, 0.05) is 18.8 Å². The second-order valence-electron chi connectivity index (χ2n) is 7.01. The van der Waals surface area contributed by atoms with Crippen LogP contribution in [-0.4, -0.2) is 59.5 Å². The van der Waals surface area contributed by atoms with E-state index < -0.39 is 0 Å². The van der Waals surface area contributed by atoms with Gasteiger partial charge < -0.3 is 19.1 Å². The van der Waals surface area contributed by atoms with Gasteiger partial charge in [0.15, 0.2) is 16.7 Å². The van der Waals surface area contributed by atoms with Crippen LogP contribution < -0.4 is 14.4 Å². The largest absolute Gasteiger partial charge is 0.486 e. The summed E-state index contributed by atoms with van der Waals surface area (Å²) in [6, 6.07) is 14.1. The SMILES string of the molecule is Fc1cccc(-n2c(SCC3COc4ccccc4O3)nnc2N2CCOCC2)c1. The maximum absolute atomic E-state index is 14.0. The molecule has 1 fully saturated rings. The molecular weight excluding hydrogens is 407 g/mol. The zero-order valence-corrected chi connectivity index (χ0v) is 17.1. The average molecular weight is 428 g/mol. The van der Waals surface area contributed by atoms with Gasteiger partial charge in [-0.25, -0.2) is 4.39 Å². The molecule has 2 aliphatic rings. The standard InChI is InChI=1S/C21H21FN4O3S/c22-15-4-3-5-16(12-15)26-20(25-8-10-27-11-9-25)23-24-21(26)30-14-17-13-28-18-6-1-2-7-19(18)29-17/h1-7,12,17H,8-11,13-14H2. The van der Waals surface area contributed by atoms with Crippen LogP contribution >= 0.6 is 11.8 Å². The molecule has 9 heteroatoms. The highest BCUT2D eigenvalue weighted by Crippen LogP contribution is 2.33. The van der Waals surface area contributed by atoms with E-state index in [1.165, 1.54) is 23.9 Å². The molecule has 2 aromatic carbocycles. The molecule has 3 aromatic rings. The van der Waals surface area contributed by atoms with Crippen LogP contribution in [0.4, 0.5) is 10.3 Å². The van der Waals surface area contributed by atoms with Crippen molar-refractivity contribution in [1.29, 1.82) is 0 Å². The van der Waals surface area contributed by atoms with Crippen molar-refractivity contribution in [3.05, 3.63) is 54.3 Å². The van der Waals surface area contributed by atoms with Crippen LogP contribution in [-0.2, 0) is 4.74 Å². The zero-order valence-electron chi connectivity index (χ0n) is 16.2. The molecule has 7 nitrogen and oxygen atoms in total. The topological polar surface area (TPSA) is 61.6 Å². The molecule has 0 spiro atoms. The number of thioether (sulfide) groups is 1. The molecular formula is C21H21FN4O3S. The Hall–Kier alpha value is -2.78. The second-order valence-corrected chi connectivity index (χ2v) is 7.99. The lowest BCUT2D eigenvalue weighted by Gasteiger charge is -2.28. The Kier molecular flexibility index (Phi) is 5.46. The summed E-state index contributed by atoms with van der Waals surface area (Å²) in [7, 11) is 0. The first-order valence-corrected chi connectivity index (χ1v) is 10.8. The highest BCUT2D eigenvalue weighted by atomic mass is 32.2. The van der Waals surface area contributed by atoms with E-state index in [4.69, 9.17) is 14.2 Å². The third-order valence-corrected chi connectivity index (χ3v) is 6.00. The van der Waals surface area contributed by atoms with Crippen molar-refractivity contribution < 1.29 is 18.6 Å². The van der Waals surface area contributed by atoms with E-state index >= 15 is 0 Å². The minimum Gasteiger partial charge on any atom is -0.486 e. The van der Waals surface area contributed by atoms with Crippen molar-refractivity contribution in [1.82, 2.24) is 14.8 Å². The van der Waals surface area contributed by atoms with Crippen molar-refractivity contribution >= 4 is 17.7 Å². The van der Waals surface area contributed by atoms with E-state index in [-0.39, 0.29) is 11.9 Å². The first-order chi connectivity index (χ1) is 14.8. The maximum atomic E-state index is 14.0. The lowest BCUT2D eigenvalue weighted by atomic mass is 10.3. The fourth-order valence-corrected chi connectivity index (χ4v) is 4.39. The number of aromatic nitrogens is 3. The summed E-state index contributed by atoms with van der Waals surface area (Å²) in [5.41, 5.74) is 0.690. The first kappa shape index (κ1) is 19.2. The van der Waals surface area contributed by atoms with Crippen LogP contribution in [0.25, 0.3) is 5.69 Å². The molecule has 0 N–H and O–H groups in total.